The van der Waals surface area contributed by atoms with Crippen LogP contribution in [-0.4, -0.2) is 47.9 Å². The van der Waals surface area contributed by atoms with Crippen molar-refractivity contribution in [1.29, 1.82) is 0 Å². The highest BCUT2D eigenvalue weighted by Gasteiger charge is 2.29. The number of anilines is 1. The SMILES string of the molecule is COc1cc(N2CCN(CCc3ccc(Cl)cc3)C2=O)ccc1-c1cn[nH]c1. The molecule has 6 nitrogen and oxygen atoms in total. The molecule has 2 heterocycles. The number of benzene rings is 2. The van der Waals surface area contributed by atoms with E-state index in [4.69, 9.17) is 16.3 Å². The normalized spacial score (nSPS) is 14.0. The number of rotatable bonds is 6. The van der Waals surface area contributed by atoms with Gasteiger partial charge in [-0.05, 0) is 36.2 Å². The Bertz CT molecular complexity index is 957. The van der Waals surface area contributed by atoms with E-state index in [1.54, 1.807) is 18.2 Å². The van der Waals surface area contributed by atoms with Crippen LogP contribution in [0.1, 0.15) is 5.56 Å². The molecule has 1 fully saturated rings. The van der Waals surface area contributed by atoms with Gasteiger partial charge in [-0.3, -0.25) is 10.00 Å². The Morgan fingerprint density at radius 2 is 2.00 bits per heavy atom. The van der Waals surface area contributed by atoms with Crippen molar-refractivity contribution in [2.45, 2.75) is 6.42 Å². The van der Waals surface area contributed by atoms with Gasteiger partial charge in [0.25, 0.3) is 0 Å². The minimum Gasteiger partial charge on any atom is -0.496 e. The number of amides is 2. The molecule has 0 radical (unpaired) electrons. The van der Waals surface area contributed by atoms with E-state index in [-0.39, 0.29) is 6.03 Å². The summed E-state index contributed by atoms with van der Waals surface area (Å²) in [6.45, 7) is 2.05. The molecule has 4 rings (SSSR count). The Labute approximate surface area is 168 Å². The van der Waals surface area contributed by atoms with Crippen molar-refractivity contribution in [1.82, 2.24) is 15.1 Å². The van der Waals surface area contributed by atoms with Gasteiger partial charge in [-0.15, -0.1) is 0 Å². The lowest BCUT2D eigenvalue weighted by molar-refractivity contribution is 0.221. The molecule has 7 heteroatoms. The lowest BCUT2D eigenvalue weighted by Gasteiger charge is -2.20. The van der Waals surface area contributed by atoms with Gasteiger partial charge in [0.2, 0.25) is 0 Å². The molecule has 0 saturated carbocycles. The second-order valence-electron chi connectivity index (χ2n) is 6.67. The fraction of sp³-hybridized carbons (Fsp3) is 0.238. The van der Waals surface area contributed by atoms with Crippen molar-refractivity contribution in [2.24, 2.45) is 0 Å². The van der Waals surface area contributed by atoms with Crippen LogP contribution in [0.5, 0.6) is 5.75 Å². The molecular formula is C21H21ClN4O2. The smallest absolute Gasteiger partial charge is 0.324 e. The van der Waals surface area contributed by atoms with Gasteiger partial charge in [0.05, 0.1) is 13.3 Å². The topological polar surface area (TPSA) is 61.5 Å². The second kappa shape index (κ2) is 7.94. The first kappa shape index (κ1) is 18.4. The van der Waals surface area contributed by atoms with Crippen molar-refractivity contribution in [2.75, 3.05) is 31.6 Å². The molecule has 3 aromatic rings. The molecule has 0 unspecified atom stereocenters. The molecule has 0 aliphatic carbocycles. The molecule has 2 aromatic carbocycles. The third kappa shape index (κ3) is 3.68. The predicted molar refractivity (Wildman–Crippen MR) is 110 cm³/mol. The fourth-order valence-electron chi connectivity index (χ4n) is 3.43. The van der Waals surface area contributed by atoms with Crippen LogP contribution >= 0.6 is 11.6 Å². The van der Waals surface area contributed by atoms with Gasteiger partial charge in [0.1, 0.15) is 5.75 Å². The van der Waals surface area contributed by atoms with E-state index in [0.717, 1.165) is 28.3 Å². The Balaban J connectivity index is 1.46. The van der Waals surface area contributed by atoms with Gasteiger partial charge in [-0.2, -0.15) is 5.10 Å². The lowest BCUT2D eigenvalue weighted by atomic mass is 10.1. The Morgan fingerprint density at radius 1 is 1.18 bits per heavy atom. The van der Waals surface area contributed by atoms with Crippen LogP contribution in [-0.2, 0) is 6.42 Å². The summed E-state index contributed by atoms with van der Waals surface area (Å²) in [6.07, 6.45) is 4.37. The average Bonchev–Trinajstić information content (AvgIpc) is 3.37. The van der Waals surface area contributed by atoms with Crippen molar-refractivity contribution in [3.05, 3.63) is 65.4 Å². The van der Waals surface area contributed by atoms with Crippen LogP contribution in [0, 0.1) is 0 Å². The molecule has 1 aromatic heterocycles. The Hall–Kier alpha value is -2.99. The number of H-pyrrole nitrogens is 1. The van der Waals surface area contributed by atoms with E-state index in [1.165, 1.54) is 5.56 Å². The summed E-state index contributed by atoms with van der Waals surface area (Å²) in [5.41, 5.74) is 3.89. The maximum absolute atomic E-state index is 12.9. The monoisotopic (exact) mass is 396 g/mol. The van der Waals surface area contributed by atoms with Crippen LogP contribution in [0.3, 0.4) is 0 Å². The minimum absolute atomic E-state index is 0.0204. The van der Waals surface area contributed by atoms with Crippen LogP contribution < -0.4 is 9.64 Å². The van der Waals surface area contributed by atoms with Gasteiger partial charge < -0.3 is 9.64 Å². The lowest BCUT2D eigenvalue weighted by Crippen LogP contribution is -2.33. The number of aromatic nitrogens is 2. The molecule has 1 N–H and O–H groups in total. The molecule has 0 atom stereocenters. The number of nitrogens with zero attached hydrogens (tertiary/aromatic N) is 3. The fourth-order valence-corrected chi connectivity index (χ4v) is 3.56. The first-order chi connectivity index (χ1) is 13.7. The van der Waals surface area contributed by atoms with Crippen LogP contribution in [0.2, 0.25) is 5.02 Å². The first-order valence-corrected chi connectivity index (χ1v) is 9.51. The van der Waals surface area contributed by atoms with E-state index in [1.807, 2.05) is 53.6 Å². The zero-order valence-electron chi connectivity index (χ0n) is 15.6. The first-order valence-electron chi connectivity index (χ1n) is 9.14. The standard InChI is InChI=1S/C21H21ClN4O2/c1-28-20-12-18(6-7-19(20)16-13-23-24-14-16)26-11-10-25(21(26)27)9-8-15-2-4-17(22)5-3-15/h2-7,12-14H,8-11H2,1H3,(H,23,24). The average molecular weight is 397 g/mol. The predicted octanol–water partition coefficient (Wildman–Crippen LogP) is 4.22. The third-order valence-corrected chi connectivity index (χ3v) is 5.24. The molecule has 0 spiro atoms. The summed E-state index contributed by atoms with van der Waals surface area (Å²) in [7, 11) is 1.63. The van der Waals surface area contributed by atoms with Crippen molar-refractivity contribution in [3.8, 4) is 16.9 Å². The van der Waals surface area contributed by atoms with E-state index < -0.39 is 0 Å². The second-order valence-corrected chi connectivity index (χ2v) is 7.11. The van der Waals surface area contributed by atoms with Gasteiger partial charge in [-0.25, -0.2) is 4.79 Å². The highest BCUT2D eigenvalue weighted by molar-refractivity contribution is 6.30. The zero-order valence-corrected chi connectivity index (χ0v) is 16.3. The number of nitrogens with one attached hydrogen (secondary N) is 1. The van der Waals surface area contributed by atoms with Crippen molar-refractivity contribution in [3.63, 3.8) is 0 Å². The number of ether oxygens (including phenoxy) is 1. The quantitative estimate of drug-likeness (QED) is 0.678. The van der Waals surface area contributed by atoms with Gasteiger partial charge in [0.15, 0.2) is 0 Å². The maximum Gasteiger partial charge on any atom is 0.324 e. The van der Waals surface area contributed by atoms with E-state index >= 15 is 0 Å². The number of hydrogen-bond acceptors (Lipinski definition) is 3. The summed E-state index contributed by atoms with van der Waals surface area (Å²) in [5.74, 6) is 0.714. The third-order valence-electron chi connectivity index (χ3n) is 4.98. The zero-order chi connectivity index (χ0) is 19.5. The summed E-state index contributed by atoms with van der Waals surface area (Å²) >= 11 is 5.93. The molecule has 1 aliphatic heterocycles. The van der Waals surface area contributed by atoms with Crippen molar-refractivity contribution >= 4 is 23.3 Å². The van der Waals surface area contributed by atoms with E-state index in [9.17, 15) is 4.79 Å². The largest absolute Gasteiger partial charge is 0.496 e. The van der Waals surface area contributed by atoms with Crippen LogP contribution in [0.25, 0.3) is 11.1 Å². The van der Waals surface area contributed by atoms with E-state index in [2.05, 4.69) is 10.2 Å². The molecule has 1 aliphatic rings. The number of aromatic amines is 1. The van der Waals surface area contributed by atoms with Gasteiger partial charge in [0, 0.05) is 53.7 Å². The molecule has 2 amide bonds. The number of methoxy groups -OCH3 is 1. The number of halogens is 1. The van der Waals surface area contributed by atoms with Gasteiger partial charge in [-0.1, -0.05) is 23.7 Å². The van der Waals surface area contributed by atoms with Crippen molar-refractivity contribution < 1.29 is 9.53 Å². The molecule has 28 heavy (non-hydrogen) atoms. The number of carbonyl (C=O) groups is 1. The minimum atomic E-state index is 0.0204. The Kier molecular flexibility index (Phi) is 5.21. The molecule has 1 saturated heterocycles. The summed E-state index contributed by atoms with van der Waals surface area (Å²) in [6, 6.07) is 13.6. The molecule has 0 bridgehead atoms. The maximum atomic E-state index is 12.9. The summed E-state index contributed by atoms with van der Waals surface area (Å²) in [5, 5.41) is 7.52. The number of carbonyl (C=O) groups excluding carboxylic acids is 1. The highest BCUT2D eigenvalue weighted by Crippen LogP contribution is 2.34. The molecule has 144 valence electrons. The number of hydrogen-bond donors (Lipinski definition) is 1. The molecular weight excluding hydrogens is 376 g/mol. The highest BCUT2D eigenvalue weighted by atomic mass is 35.5. The van der Waals surface area contributed by atoms with E-state index in [0.29, 0.717) is 25.4 Å². The van der Waals surface area contributed by atoms with Crippen LogP contribution in [0.4, 0.5) is 10.5 Å². The number of urea groups is 1. The summed E-state index contributed by atoms with van der Waals surface area (Å²) in [4.78, 5) is 16.5. The van der Waals surface area contributed by atoms with Gasteiger partial charge >= 0.3 is 6.03 Å². The summed E-state index contributed by atoms with van der Waals surface area (Å²) < 4.78 is 5.54. The Morgan fingerprint density at radius 3 is 2.71 bits per heavy atom. The van der Waals surface area contributed by atoms with Crippen LogP contribution in [0.15, 0.2) is 54.9 Å².